The molecule has 18 heavy (non-hydrogen) atoms. The second kappa shape index (κ2) is 5.30. The van der Waals surface area contributed by atoms with E-state index in [0.29, 0.717) is 5.56 Å². The minimum atomic E-state index is -3.89. The lowest BCUT2D eigenvalue weighted by molar-refractivity contribution is -0.174. The average molecular weight is 259 g/mol. The van der Waals surface area contributed by atoms with E-state index in [0.717, 1.165) is 0 Å². The smallest absolute Gasteiger partial charge is 0.379 e. The molecule has 0 aliphatic heterocycles. The zero-order chi connectivity index (χ0) is 13.9. The number of hydrogen-bond acceptors (Lipinski definition) is 4. The number of esters is 1. The summed E-state index contributed by atoms with van der Waals surface area (Å²) in [5.41, 5.74) is 5.85. The molecule has 0 bridgehead atoms. The topological polar surface area (TPSA) is 72.5 Å². The minimum absolute atomic E-state index is 0.166. The Hall–Kier alpha value is -1.69. The van der Waals surface area contributed by atoms with Crippen molar-refractivity contribution in [1.82, 2.24) is 0 Å². The molecule has 0 aromatic heterocycles. The lowest BCUT2D eigenvalue weighted by Crippen LogP contribution is -2.41. The highest BCUT2D eigenvalue weighted by atomic mass is 19.3. The Morgan fingerprint density at radius 3 is 2.67 bits per heavy atom. The fourth-order valence-corrected chi connectivity index (χ4v) is 1.47. The van der Waals surface area contributed by atoms with Crippen molar-refractivity contribution in [3.63, 3.8) is 0 Å². The van der Waals surface area contributed by atoms with Crippen molar-refractivity contribution in [1.29, 1.82) is 0 Å². The highest BCUT2D eigenvalue weighted by molar-refractivity contribution is 5.79. The summed E-state index contributed by atoms with van der Waals surface area (Å²) >= 11 is 0. The minimum Gasteiger partial charge on any atom is -0.508 e. The monoisotopic (exact) mass is 259 g/mol. The SMILES string of the molecule is CCOC(=O)C(F)(F)[C@@H](N)c1ccc(C)cc1O. The predicted octanol–water partition coefficient (Wildman–Crippen LogP) is 1.90. The standard InChI is InChI=1S/C12H15F2NO3/c1-3-18-11(17)12(13,14)10(15)8-5-4-7(2)6-9(8)16/h4-6,10,16H,3,15H2,1-2H3/t10-/m0/s1. The van der Waals surface area contributed by atoms with Crippen LogP contribution < -0.4 is 5.73 Å². The number of carbonyl (C=O) groups excluding carboxylic acids is 1. The van der Waals surface area contributed by atoms with Crippen LogP contribution in [0.25, 0.3) is 0 Å². The summed E-state index contributed by atoms with van der Waals surface area (Å²) in [5.74, 6) is -5.95. The number of hydrogen-bond donors (Lipinski definition) is 2. The molecule has 0 aliphatic carbocycles. The molecule has 1 aromatic rings. The highest BCUT2D eigenvalue weighted by Crippen LogP contribution is 2.35. The van der Waals surface area contributed by atoms with E-state index >= 15 is 0 Å². The number of phenolic OH excluding ortho intramolecular Hbond substituents is 1. The first-order chi connectivity index (χ1) is 8.30. The summed E-state index contributed by atoms with van der Waals surface area (Å²) in [4.78, 5) is 11.1. The van der Waals surface area contributed by atoms with Crippen molar-refractivity contribution in [2.24, 2.45) is 5.73 Å². The third kappa shape index (κ3) is 2.76. The van der Waals surface area contributed by atoms with Gasteiger partial charge < -0.3 is 15.6 Å². The van der Waals surface area contributed by atoms with E-state index in [-0.39, 0.29) is 17.9 Å². The van der Waals surface area contributed by atoms with E-state index in [4.69, 9.17) is 5.73 Å². The quantitative estimate of drug-likeness (QED) is 0.810. The Labute approximate surface area is 103 Å². The van der Waals surface area contributed by atoms with E-state index in [2.05, 4.69) is 4.74 Å². The van der Waals surface area contributed by atoms with Crippen molar-refractivity contribution >= 4 is 5.97 Å². The molecular weight excluding hydrogens is 244 g/mol. The van der Waals surface area contributed by atoms with Gasteiger partial charge in [-0.2, -0.15) is 8.78 Å². The second-order valence-electron chi connectivity index (χ2n) is 3.88. The fourth-order valence-electron chi connectivity index (χ4n) is 1.47. The Morgan fingerprint density at radius 1 is 1.56 bits per heavy atom. The average Bonchev–Trinajstić information content (AvgIpc) is 2.28. The zero-order valence-electron chi connectivity index (χ0n) is 10.1. The van der Waals surface area contributed by atoms with Crippen molar-refractivity contribution < 1.29 is 23.4 Å². The molecule has 0 saturated heterocycles. The van der Waals surface area contributed by atoms with Crippen LogP contribution in [0.2, 0.25) is 0 Å². The number of rotatable bonds is 4. The Morgan fingerprint density at radius 2 is 2.17 bits per heavy atom. The summed E-state index contributed by atoms with van der Waals surface area (Å²) in [6, 6.07) is 2.15. The first-order valence-corrected chi connectivity index (χ1v) is 5.40. The molecule has 6 heteroatoms. The van der Waals surface area contributed by atoms with E-state index in [1.165, 1.54) is 25.1 Å². The van der Waals surface area contributed by atoms with Crippen LogP contribution in [0.4, 0.5) is 8.78 Å². The van der Waals surface area contributed by atoms with E-state index in [1.54, 1.807) is 6.92 Å². The number of phenols is 1. The molecule has 0 amide bonds. The van der Waals surface area contributed by atoms with Gasteiger partial charge in [0, 0.05) is 5.56 Å². The third-order valence-electron chi connectivity index (χ3n) is 2.46. The van der Waals surface area contributed by atoms with Gasteiger partial charge in [-0.25, -0.2) is 4.79 Å². The normalized spacial score (nSPS) is 13.2. The lowest BCUT2D eigenvalue weighted by Gasteiger charge is -2.22. The van der Waals surface area contributed by atoms with Crippen LogP contribution in [-0.2, 0) is 9.53 Å². The van der Waals surface area contributed by atoms with Gasteiger partial charge in [-0.15, -0.1) is 0 Å². The van der Waals surface area contributed by atoms with Crippen molar-refractivity contribution in [3.8, 4) is 5.75 Å². The van der Waals surface area contributed by atoms with Crippen molar-refractivity contribution in [2.45, 2.75) is 25.8 Å². The first kappa shape index (κ1) is 14.4. The van der Waals surface area contributed by atoms with Gasteiger partial charge in [0.2, 0.25) is 0 Å². The summed E-state index contributed by atoms with van der Waals surface area (Å²) in [7, 11) is 0. The summed E-state index contributed by atoms with van der Waals surface area (Å²) in [5, 5.41) is 9.57. The lowest BCUT2D eigenvalue weighted by atomic mass is 9.99. The van der Waals surface area contributed by atoms with Crippen LogP contribution in [0, 0.1) is 6.92 Å². The Balaban J connectivity index is 3.05. The molecule has 1 aromatic carbocycles. The molecule has 0 aliphatic rings. The summed E-state index contributed by atoms with van der Waals surface area (Å²) in [6.45, 7) is 2.95. The predicted molar refractivity (Wildman–Crippen MR) is 61.4 cm³/mol. The highest BCUT2D eigenvalue weighted by Gasteiger charge is 2.48. The van der Waals surface area contributed by atoms with Gasteiger partial charge in [0.25, 0.3) is 0 Å². The first-order valence-electron chi connectivity index (χ1n) is 5.40. The number of carbonyl (C=O) groups is 1. The molecule has 0 spiro atoms. The van der Waals surface area contributed by atoms with Gasteiger partial charge in [0.15, 0.2) is 0 Å². The zero-order valence-corrected chi connectivity index (χ0v) is 10.1. The van der Waals surface area contributed by atoms with Crippen molar-refractivity contribution in [3.05, 3.63) is 29.3 Å². The van der Waals surface area contributed by atoms with Gasteiger partial charge >= 0.3 is 11.9 Å². The van der Waals surface area contributed by atoms with Crippen molar-refractivity contribution in [2.75, 3.05) is 6.61 Å². The molecule has 0 saturated carbocycles. The van der Waals surface area contributed by atoms with E-state index < -0.39 is 17.9 Å². The Bertz CT molecular complexity index is 449. The molecule has 0 unspecified atom stereocenters. The number of aryl methyl sites for hydroxylation is 1. The van der Waals surface area contributed by atoms with Crippen LogP contribution in [0.15, 0.2) is 18.2 Å². The van der Waals surface area contributed by atoms with Crippen LogP contribution in [0.3, 0.4) is 0 Å². The van der Waals surface area contributed by atoms with Crippen LogP contribution >= 0.6 is 0 Å². The third-order valence-corrected chi connectivity index (χ3v) is 2.46. The summed E-state index contributed by atoms with van der Waals surface area (Å²) < 4.78 is 31.6. The van der Waals surface area contributed by atoms with Gasteiger partial charge in [0.1, 0.15) is 11.8 Å². The van der Waals surface area contributed by atoms with Crippen LogP contribution in [0.1, 0.15) is 24.1 Å². The van der Waals surface area contributed by atoms with Crippen LogP contribution in [-0.4, -0.2) is 23.6 Å². The largest absolute Gasteiger partial charge is 0.508 e. The van der Waals surface area contributed by atoms with Gasteiger partial charge in [-0.1, -0.05) is 12.1 Å². The van der Waals surface area contributed by atoms with Gasteiger partial charge in [0.05, 0.1) is 6.61 Å². The Kier molecular flexibility index (Phi) is 4.24. The second-order valence-corrected chi connectivity index (χ2v) is 3.88. The fraction of sp³-hybridized carbons (Fsp3) is 0.417. The molecule has 1 atom stereocenters. The number of benzene rings is 1. The van der Waals surface area contributed by atoms with Crippen LogP contribution in [0.5, 0.6) is 5.75 Å². The number of halogens is 2. The number of aromatic hydroxyl groups is 1. The summed E-state index contributed by atoms with van der Waals surface area (Å²) in [6.07, 6.45) is 0. The maximum atomic E-state index is 13.7. The molecule has 0 radical (unpaired) electrons. The number of alkyl halides is 2. The molecule has 3 N–H and O–H groups in total. The van der Waals surface area contributed by atoms with E-state index in [9.17, 15) is 18.7 Å². The molecular formula is C12H15F2NO3. The maximum absolute atomic E-state index is 13.7. The molecule has 100 valence electrons. The number of ether oxygens (including phenoxy) is 1. The van der Waals surface area contributed by atoms with Gasteiger partial charge in [-0.3, -0.25) is 0 Å². The number of nitrogens with two attached hydrogens (primary N) is 1. The van der Waals surface area contributed by atoms with E-state index in [1.807, 2.05) is 0 Å². The molecule has 4 nitrogen and oxygen atoms in total. The molecule has 0 fully saturated rings. The van der Waals surface area contributed by atoms with Gasteiger partial charge in [-0.05, 0) is 25.5 Å². The molecule has 1 rings (SSSR count). The maximum Gasteiger partial charge on any atom is 0.379 e. The molecule has 0 heterocycles.